The van der Waals surface area contributed by atoms with Gasteiger partial charge in [0.15, 0.2) is 0 Å². The minimum atomic E-state index is -0.250. The summed E-state index contributed by atoms with van der Waals surface area (Å²) in [6, 6.07) is 12.6. The first-order valence-electron chi connectivity index (χ1n) is 6.22. The van der Waals surface area contributed by atoms with Crippen molar-refractivity contribution >= 4 is 15.9 Å². The second-order valence-corrected chi connectivity index (χ2v) is 5.53. The van der Waals surface area contributed by atoms with Crippen LogP contribution in [0.25, 0.3) is 0 Å². The zero-order valence-corrected chi connectivity index (χ0v) is 12.3. The summed E-state index contributed by atoms with van der Waals surface area (Å²) < 4.78 is 14.2. The van der Waals surface area contributed by atoms with Gasteiger partial charge in [0.25, 0.3) is 0 Å². The number of hydrogen-bond donors (Lipinski definition) is 1. The van der Waals surface area contributed by atoms with Gasteiger partial charge >= 0.3 is 0 Å². The second kappa shape index (κ2) is 6.31. The van der Waals surface area contributed by atoms with Crippen molar-refractivity contribution in [2.24, 2.45) is 0 Å². The second-order valence-electron chi connectivity index (χ2n) is 4.68. The molecule has 1 nitrogen and oxygen atoms in total. The number of aliphatic hydroxyl groups excluding tert-OH is 1. The molecule has 0 fully saturated rings. The lowest BCUT2D eigenvalue weighted by atomic mass is 9.90. The minimum Gasteiger partial charge on any atom is -0.396 e. The molecule has 0 heterocycles. The van der Waals surface area contributed by atoms with Crippen molar-refractivity contribution < 1.29 is 9.50 Å². The van der Waals surface area contributed by atoms with E-state index in [2.05, 4.69) is 15.9 Å². The normalized spacial score (nSPS) is 12.4. The lowest BCUT2D eigenvalue weighted by molar-refractivity contribution is 0.264. The molecule has 0 radical (unpaired) electrons. The molecule has 0 bridgehead atoms. The smallest absolute Gasteiger partial charge is 0.123 e. The molecule has 1 N–H and O–H groups in total. The molecular weight excluding hydrogens is 307 g/mol. The Kier molecular flexibility index (Phi) is 4.72. The molecule has 1 unspecified atom stereocenters. The number of rotatable bonds is 4. The summed E-state index contributed by atoms with van der Waals surface area (Å²) in [5.74, 6) is -0.265. The molecule has 2 rings (SSSR count). The van der Waals surface area contributed by atoms with Gasteiger partial charge in [-0.05, 0) is 48.2 Å². The molecule has 100 valence electrons. The summed E-state index contributed by atoms with van der Waals surface area (Å²) >= 11 is 3.43. The maximum Gasteiger partial charge on any atom is 0.123 e. The Balaban J connectivity index is 2.29. The van der Waals surface area contributed by atoms with Crippen molar-refractivity contribution in [1.82, 2.24) is 0 Å². The first-order chi connectivity index (χ1) is 9.11. The molecular formula is C16H16BrFO. The van der Waals surface area contributed by atoms with Crippen molar-refractivity contribution in [3.63, 3.8) is 0 Å². The molecule has 19 heavy (non-hydrogen) atoms. The van der Waals surface area contributed by atoms with Crippen molar-refractivity contribution in [3.8, 4) is 0 Å². The third-order valence-corrected chi connectivity index (χ3v) is 4.10. The van der Waals surface area contributed by atoms with Crippen molar-refractivity contribution in [1.29, 1.82) is 0 Å². The van der Waals surface area contributed by atoms with Crippen LogP contribution in [0.5, 0.6) is 0 Å². The van der Waals surface area contributed by atoms with E-state index in [9.17, 15) is 9.50 Å². The van der Waals surface area contributed by atoms with Gasteiger partial charge in [-0.2, -0.15) is 0 Å². The van der Waals surface area contributed by atoms with Gasteiger partial charge in [0.05, 0.1) is 6.61 Å². The van der Waals surface area contributed by atoms with Crippen LogP contribution in [0.15, 0.2) is 46.9 Å². The topological polar surface area (TPSA) is 20.2 Å². The molecule has 0 saturated heterocycles. The summed E-state index contributed by atoms with van der Waals surface area (Å²) in [5, 5.41) is 9.62. The molecule has 2 aromatic carbocycles. The molecule has 0 aliphatic rings. The fraction of sp³-hybridized carbons (Fsp3) is 0.250. The lowest BCUT2D eigenvalue weighted by Crippen LogP contribution is -2.10. The quantitative estimate of drug-likeness (QED) is 0.893. The molecule has 0 spiro atoms. The average molecular weight is 323 g/mol. The highest BCUT2D eigenvalue weighted by Crippen LogP contribution is 2.27. The Labute approximate surface area is 121 Å². The van der Waals surface area contributed by atoms with Gasteiger partial charge in [-0.3, -0.25) is 0 Å². The van der Waals surface area contributed by atoms with E-state index in [1.165, 1.54) is 12.1 Å². The van der Waals surface area contributed by atoms with Crippen LogP contribution in [-0.4, -0.2) is 11.7 Å². The molecule has 1 atom stereocenters. The SMILES string of the molecule is Cc1ccccc1C(CO)Cc1cc(F)ccc1Br. The van der Waals surface area contributed by atoms with Crippen molar-refractivity contribution in [2.75, 3.05) is 6.61 Å². The van der Waals surface area contributed by atoms with Gasteiger partial charge in [0, 0.05) is 10.4 Å². The van der Waals surface area contributed by atoms with E-state index in [4.69, 9.17) is 0 Å². The Morgan fingerprint density at radius 3 is 2.63 bits per heavy atom. The zero-order chi connectivity index (χ0) is 13.8. The maximum atomic E-state index is 13.3. The molecule has 3 heteroatoms. The Morgan fingerprint density at radius 1 is 1.21 bits per heavy atom. The third kappa shape index (κ3) is 3.43. The Bertz CT molecular complexity index is 568. The number of aliphatic hydroxyl groups is 1. The molecule has 0 aliphatic heterocycles. The van der Waals surface area contributed by atoms with Gasteiger partial charge in [-0.1, -0.05) is 40.2 Å². The van der Waals surface area contributed by atoms with Crippen LogP contribution in [0.4, 0.5) is 4.39 Å². The average Bonchev–Trinajstić information content (AvgIpc) is 2.41. The molecule has 0 aromatic heterocycles. The largest absolute Gasteiger partial charge is 0.396 e. The fourth-order valence-electron chi connectivity index (χ4n) is 2.28. The number of benzene rings is 2. The highest BCUT2D eigenvalue weighted by Gasteiger charge is 2.15. The van der Waals surface area contributed by atoms with E-state index in [0.29, 0.717) is 6.42 Å². The summed E-state index contributed by atoms with van der Waals surface area (Å²) in [5.41, 5.74) is 3.14. The van der Waals surface area contributed by atoms with Crippen LogP contribution in [-0.2, 0) is 6.42 Å². The van der Waals surface area contributed by atoms with Gasteiger partial charge in [-0.25, -0.2) is 4.39 Å². The predicted octanol–water partition coefficient (Wildman–Crippen LogP) is 4.22. The number of aryl methyl sites for hydroxylation is 1. The fourth-order valence-corrected chi connectivity index (χ4v) is 2.69. The van der Waals surface area contributed by atoms with E-state index < -0.39 is 0 Å². The summed E-state index contributed by atoms with van der Waals surface area (Å²) in [4.78, 5) is 0. The first-order valence-corrected chi connectivity index (χ1v) is 7.01. The summed E-state index contributed by atoms with van der Waals surface area (Å²) in [6.45, 7) is 2.08. The van der Waals surface area contributed by atoms with E-state index in [0.717, 1.165) is 21.2 Å². The van der Waals surface area contributed by atoms with Crippen LogP contribution >= 0.6 is 15.9 Å². The standard InChI is InChI=1S/C16H16BrFO/c1-11-4-2-3-5-15(11)13(10-19)8-12-9-14(18)6-7-16(12)17/h2-7,9,13,19H,8,10H2,1H3. The van der Waals surface area contributed by atoms with Crippen molar-refractivity contribution in [2.45, 2.75) is 19.3 Å². The maximum absolute atomic E-state index is 13.3. The Morgan fingerprint density at radius 2 is 1.95 bits per heavy atom. The van der Waals surface area contributed by atoms with Crippen LogP contribution in [0, 0.1) is 12.7 Å². The number of hydrogen-bond acceptors (Lipinski definition) is 1. The highest BCUT2D eigenvalue weighted by atomic mass is 79.9. The van der Waals surface area contributed by atoms with Crippen molar-refractivity contribution in [3.05, 3.63) is 69.4 Å². The van der Waals surface area contributed by atoms with E-state index in [-0.39, 0.29) is 18.3 Å². The van der Waals surface area contributed by atoms with Crippen LogP contribution in [0.2, 0.25) is 0 Å². The van der Waals surface area contributed by atoms with Gasteiger partial charge in [0.2, 0.25) is 0 Å². The minimum absolute atomic E-state index is 0.0145. The summed E-state index contributed by atoms with van der Waals surface area (Å²) in [7, 11) is 0. The van der Waals surface area contributed by atoms with E-state index >= 15 is 0 Å². The van der Waals surface area contributed by atoms with Crippen LogP contribution < -0.4 is 0 Å². The molecule has 2 aromatic rings. The first kappa shape index (κ1) is 14.2. The molecule has 0 aliphatic carbocycles. The van der Waals surface area contributed by atoms with Gasteiger partial charge in [0.1, 0.15) is 5.82 Å². The predicted molar refractivity (Wildman–Crippen MR) is 78.8 cm³/mol. The van der Waals surface area contributed by atoms with E-state index in [1.54, 1.807) is 6.07 Å². The molecule has 0 amide bonds. The lowest BCUT2D eigenvalue weighted by Gasteiger charge is -2.18. The monoisotopic (exact) mass is 322 g/mol. The summed E-state index contributed by atoms with van der Waals surface area (Å²) in [6.07, 6.45) is 0.611. The van der Waals surface area contributed by atoms with Crippen LogP contribution in [0.1, 0.15) is 22.6 Å². The zero-order valence-electron chi connectivity index (χ0n) is 10.7. The van der Waals surface area contributed by atoms with Crippen LogP contribution in [0.3, 0.4) is 0 Å². The Hall–Kier alpha value is -1.19. The highest BCUT2D eigenvalue weighted by molar-refractivity contribution is 9.10. The van der Waals surface area contributed by atoms with Gasteiger partial charge in [-0.15, -0.1) is 0 Å². The molecule has 0 saturated carbocycles. The van der Waals surface area contributed by atoms with E-state index in [1.807, 2.05) is 31.2 Å². The third-order valence-electron chi connectivity index (χ3n) is 3.32. The number of halogens is 2. The van der Waals surface area contributed by atoms with Gasteiger partial charge < -0.3 is 5.11 Å².